The molecule has 0 radical (unpaired) electrons. The maximum Gasteiger partial charge on any atom is 0.332 e. The molecule has 7 heteroatoms. The highest BCUT2D eigenvalue weighted by Gasteiger charge is 2.22. The van der Waals surface area contributed by atoms with Gasteiger partial charge in [0.05, 0.1) is 5.56 Å². The van der Waals surface area contributed by atoms with E-state index in [0.29, 0.717) is 30.6 Å². The van der Waals surface area contributed by atoms with Crippen LogP contribution in [0.5, 0.6) is 0 Å². The van der Waals surface area contributed by atoms with Crippen molar-refractivity contribution in [1.29, 1.82) is 0 Å². The van der Waals surface area contributed by atoms with Crippen molar-refractivity contribution in [1.82, 2.24) is 9.13 Å². The number of nitrogens with zero attached hydrogens (tertiary/aromatic N) is 3. The molecule has 0 atom stereocenters. The van der Waals surface area contributed by atoms with Crippen molar-refractivity contribution < 1.29 is 9.90 Å². The Morgan fingerprint density at radius 2 is 2.00 bits per heavy atom. The number of hydrogen-bond donors (Lipinski definition) is 1. The molecule has 1 aromatic heterocycles. The molecule has 0 spiro atoms. The number of aliphatic carboxylic acids is 1. The second-order valence-corrected chi connectivity index (χ2v) is 4.61. The van der Waals surface area contributed by atoms with E-state index in [2.05, 4.69) is 4.99 Å². The summed E-state index contributed by atoms with van der Waals surface area (Å²) in [6, 6.07) is 0. The third kappa shape index (κ3) is 2.35. The molecule has 0 fully saturated rings. The van der Waals surface area contributed by atoms with Crippen molar-refractivity contribution in [3.05, 3.63) is 26.4 Å². The third-order valence-electron chi connectivity index (χ3n) is 3.23. The van der Waals surface area contributed by atoms with Crippen LogP contribution < -0.4 is 11.2 Å². The number of aromatic nitrogens is 2. The van der Waals surface area contributed by atoms with Gasteiger partial charge in [-0.3, -0.25) is 18.7 Å². The second-order valence-electron chi connectivity index (χ2n) is 4.61. The Balaban J connectivity index is 2.27. The molecule has 0 unspecified atom stereocenters. The van der Waals surface area contributed by atoms with E-state index < -0.39 is 11.7 Å². The Morgan fingerprint density at radius 1 is 1.32 bits per heavy atom. The van der Waals surface area contributed by atoms with Crippen LogP contribution in [0.15, 0.2) is 14.6 Å². The summed E-state index contributed by atoms with van der Waals surface area (Å²) in [4.78, 5) is 38.4. The molecule has 0 saturated carbocycles. The highest BCUT2D eigenvalue weighted by Crippen LogP contribution is 2.23. The zero-order chi connectivity index (χ0) is 14.2. The summed E-state index contributed by atoms with van der Waals surface area (Å²) in [7, 11) is 3.01. The first-order valence-electron chi connectivity index (χ1n) is 5.99. The molecule has 0 aromatic carbocycles. The van der Waals surface area contributed by atoms with Gasteiger partial charge in [-0.2, -0.15) is 0 Å². The number of carboxylic acids is 1. The van der Waals surface area contributed by atoms with E-state index in [4.69, 9.17) is 5.11 Å². The zero-order valence-electron chi connectivity index (χ0n) is 10.8. The smallest absolute Gasteiger partial charge is 0.332 e. The van der Waals surface area contributed by atoms with Crippen LogP contribution in [0.25, 0.3) is 0 Å². The normalized spacial score (nSPS) is 13.3. The van der Waals surface area contributed by atoms with Crippen molar-refractivity contribution in [3.8, 4) is 0 Å². The molecular formula is C12H15N3O4. The summed E-state index contributed by atoms with van der Waals surface area (Å²) in [5, 5.41) is 8.58. The van der Waals surface area contributed by atoms with Gasteiger partial charge in [-0.15, -0.1) is 0 Å². The SMILES string of the molecule is Cn1c2c(c(=O)n(C)c1=O)CC(CCCC(=O)O)=N2. The number of rotatable bonds is 4. The largest absolute Gasteiger partial charge is 0.481 e. The summed E-state index contributed by atoms with van der Waals surface area (Å²) < 4.78 is 2.41. The van der Waals surface area contributed by atoms with Crippen LogP contribution >= 0.6 is 0 Å². The summed E-state index contributed by atoms with van der Waals surface area (Å²) in [6.07, 6.45) is 1.48. The molecule has 2 heterocycles. The van der Waals surface area contributed by atoms with Crippen LogP contribution in [-0.2, 0) is 25.3 Å². The Bertz CT molecular complexity index is 681. The van der Waals surface area contributed by atoms with Gasteiger partial charge < -0.3 is 5.11 Å². The van der Waals surface area contributed by atoms with Gasteiger partial charge in [-0.25, -0.2) is 9.79 Å². The zero-order valence-corrected chi connectivity index (χ0v) is 10.8. The summed E-state index contributed by atoms with van der Waals surface area (Å²) >= 11 is 0. The van der Waals surface area contributed by atoms with Crippen LogP contribution in [0.1, 0.15) is 24.8 Å². The van der Waals surface area contributed by atoms with Crippen LogP contribution in [0.4, 0.5) is 5.82 Å². The monoisotopic (exact) mass is 265 g/mol. The van der Waals surface area contributed by atoms with Crippen molar-refractivity contribution >= 4 is 17.5 Å². The summed E-state index contributed by atoms with van der Waals surface area (Å²) in [6.45, 7) is 0. The van der Waals surface area contributed by atoms with Crippen LogP contribution in [0.3, 0.4) is 0 Å². The highest BCUT2D eigenvalue weighted by molar-refractivity contribution is 5.93. The third-order valence-corrected chi connectivity index (χ3v) is 3.23. The van der Waals surface area contributed by atoms with Gasteiger partial charge in [0.25, 0.3) is 5.56 Å². The average Bonchev–Trinajstić information content (AvgIpc) is 2.77. The standard InChI is InChI=1S/C12H15N3O4/c1-14-10-8(11(18)15(2)12(14)19)6-7(13-10)4-3-5-9(16)17/h3-6H2,1-2H3,(H,16,17). The van der Waals surface area contributed by atoms with Gasteiger partial charge in [0.2, 0.25) is 0 Å². The topological polar surface area (TPSA) is 93.7 Å². The van der Waals surface area contributed by atoms with Crippen molar-refractivity contribution in [2.24, 2.45) is 19.1 Å². The van der Waals surface area contributed by atoms with Crippen molar-refractivity contribution in [2.75, 3.05) is 0 Å². The van der Waals surface area contributed by atoms with Gasteiger partial charge in [0.15, 0.2) is 0 Å². The Labute approximate surface area is 108 Å². The quantitative estimate of drug-likeness (QED) is 0.827. The molecule has 0 saturated heterocycles. The van der Waals surface area contributed by atoms with Crippen molar-refractivity contribution in [3.63, 3.8) is 0 Å². The summed E-state index contributed by atoms with van der Waals surface area (Å²) in [5.41, 5.74) is 0.541. The van der Waals surface area contributed by atoms with E-state index in [9.17, 15) is 14.4 Å². The Morgan fingerprint density at radius 3 is 2.63 bits per heavy atom. The van der Waals surface area contributed by atoms with E-state index >= 15 is 0 Å². The molecular weight excluding hydrogens is 250 g/mol. The van der Waals surface area contributed by atoms with Crippen LogP contribution in [0, 0.1) is 0 Å². The molecule has 1 aromatic rings. The first-order valence-corrected chi connectivity index (χ1v) is 5.99. The number of aliphatic imine (C=N–C) groups is 1. The molecule has 1 aliphatic heterocycles. The maximum absolute atomic E-state index is 11.9. The number of fused-ring (bicyclic) bond motifs is 1. The van der Waals surface area contributed by atoms with Gasteiger partial charge in [0, 0.05) is 32.6 Å². The number of hydrogen-bond acceptors (Lipinski definition) is 4. The second kappa shape index (κ2) is 4.83. The Kier molecular flexibility index (Phi) is 3.37. The molecule has 1 N–H and O–H groups in total. The fraction of sp³-hybridized carbons (Fsp3) is 0.500. The molecule has 0 amide bonds. The molecule has 1 aliphatic rings. The van der Waals surface area contributed by atoms with Gasteiger partial charge in [-0.05, 0) is 12.8 Å². The molecule has 0 bridgehead atoms. The lowest BCUT2D eigenvalue weighted by molar-refractivity contribution is -0.137. The predicted molar refractivity (Wildman–Crippen MR) is 69.2 cm³/mol. The predicted octanol–water partition coefficient (Wildman–Crippen LogP) is -0.0325. The van der Waals surface area contributed by atoms with E-state index in [1.165, 1.54) is 11.6 Å². The Hall–Kier alpha value is -2.18. The van der Waals surface area contributed by atoms with E-state index in [1.54, 1.807) is 7.05 Å². The molecule has 102 valence electrons. The highest BCUT2D eigenvalue weighted by atomic mass is 16.4. The van der Waals surface area contributed by atoms with Crippen LogP contribution in [0.2, 0.25) is 0 Å². The number of carbonyl (C=O) groups is 1. The van der Waals surface area contributed by atoms with Gasteiger partial charge in [-0.1, -0.05) is 0 Å². The molecule has 0 aliphatic carbocycles. The average molecular weight is 265 g/mol. The van der Waals surface area contributed by atoms with Crippen LogP contribution in [-0.4, -0.2) is 25.9 Å². The first kappa shape index (κ1) is 13.3. The minimum Gasteiger partial charge on any atom is -0.481 e. The molecule has 19 heavy (non-hydrogen) atoms. The maximum atomic E-state index is 11.9. The number of carboxylic acid groups (broad SMARTS) is 1. The molecule has 2 rings (SSSR count). The minimum atomic E-state index is -0.848. The fourth-order valence-corrected chi connectivity index (χ4v) is 2.18. The molecule has 7 nitrogen and oxygen atoms in total. The summed E-state index contributed by atoms with van der Waals surface area (Å²) in [5.74, 6) is -0.446. The first-order chi connectivity index (χ1) is 8.91. The van der Waals surface area contributed by atoms with E-state index in [-0.39, 0.29) is 12.0 Å². The fourth-order valence-electron chi connectivity index (χ4n) is 2.18. The van der Waals surface area contributed by atoms with Crippen molar-refractivity contribution in [2.45, 2.75) is 25.7 Å². The minimum absolute atomic E-state index is 0.0757. The van der Waals surface area contributed by atoms with E-state index in [0.717, 1.165) is 10.3 Å². The lowest BCUT2D eigenvalue weighted by Crippen LogP contribution is -2.38. The lowest BCUT2D eigenvalue weighted by atomic mass is 10.1. The van der Waals surface area contributed by atoms with Gasteiger partial charge in [0.1, 0.15) is 5.82 Å². The lowest BCUT2D eigenvalue weighted by Gasteiger charge is -2.05. The van der Waals surface area contributed by atoms with E-state index in [1.807, 2.05) is 0 Å². The van der Waals surface area contributed by atoms with Gasteiger partial charge >= 0.3 is 11.7 Å².